The number of aldehydes is 1. The van der Waals surface area contributed by atoms with Crippen LogP contribution in [0.3, 0.4) is 0 Å². The van der Waals surface area contributed by atoms with Crippen molar-refractivity contribution in [1.29, 1.82) is 0 Å². The molecule has 2 fully saturated rings. The summed E-state index contributed by atoms with van der Waals surface area (Å²) in [7, 11) is 0. The Morgan fingerprint density at radius 2 is 1.83 bits per heavy atom. The molecule has 1 unspecified atom stereocenters. The molecular weight excluding hydrogens is 366 g/mol. The maximum atomic E-state index is 13.4. The number of hydrogen-bond donors (Lipinski definition) is 0. The summed E-state index contributed by atoms with van der Waals surface area (Å²) in [6, 6.07) is 12.3. The smallest absolute Gasteiger partial charge is 0.410 e. The molecule has 1 atom stereocenters. The van der Waals surface area contributed by atoms with Crippen molar-refractivity contribution in [1.82, 2.24) is 4.90 Å². The molecular formula is C24H25NO4. The van der Waals surface area contributed by atoms with Crippen LogP contribution in [0.2, 0.25) is 0 Å². The Balaban J connectivity index is 1.41. The Kier molecular flexibility index (Phi) is 4.41. The number of ether oxygens (including phenoxy) is 1. The second-order valence-corrected chi connectivity index (χ2v) is 8.82. The lowest BCUT2D eigenvalue weighted by Gasteiger charge is -2.52. The van der Waals surface area contributed by atoms with Crippen LogP contribution < -0.4 is 0 Å². The highest BCUT2D eigenvalue weighted by molar-refractivity contribution is 5.98. The highest BCUT2D eigenvalue weighted by atomic mass is 16.6. The minimum Gasteiger partial charge on any atom is -0.446 e. The van der Waals surface area contributed by atoms with Crippen molar-refractivity contribution in [3.05, 3.63) is 47.5 Å². The number of carbonyl (C=O) groups excluding carboxylic acids is 3. The molecule has 0 aromatic heterocycles. The van der Waals surface area contributed by atoms with E-state index in [0.29, 0.717) is 19.5 Å². The fourth-order valence-electron chi connectivity index (χ4n) is 5.38. The van der Waals surface area contributed by atoms with Crippen LogP contribution in [0.4, 0.5) is 4.79 Å². The Bertz CT molecular complexity index is 986. The van der Waals surface area contributed by atoms with E-state index in [0.717, 1.165) is 53.9 Å². The Morgan fingerprint density at radius 3 is 2.52 bits per heavy atom. The van der Waals surface area contributed by atoms with Crippen LogP contribution in [0, 0.1) is 5.41 Å². The lowest BCUT2D eigenvalue weighted by molar-refractivity contribution is -0.141. The van der Waals surface area contributed by atoms with Gasteiger partial charge in [-0.15, -0.1) is 0 Å². The van der Waals surface area contributed by atoms with E-state index in [1.165, 1.54) is 0 Å². The van der Waals surface area contributed by atoms with Crippen molar-refractivity contribution < 1.29 is 19.1 Å². The lowest BCUT2D eigenvalue weighted by atomic mass is 9.61. The third kappa shape index (κ3) is 3.04. The lowest BCUT2D eigenvalue weighted by Crippen LogP contribution is -2.65. The number of fused-ring (bicyclic) bond motifs is 2. The van der Waals surface area contributed by atoms with E-state index in [-0.39, 0.29) is 24.4 Å². The summed E-state index contributed by atoms with van der Waals surface area (Å²) >= 11 is 0. The number of benzene rings is 2. The Labute approximate surface area is 170 Å². The molecule has 5 rings (SSSR count). The van der Waals surface area contributed by atoms with Gasteiger partial charge < -0.3 is 14.4 Å². The molecule has 1 spiro atoms. The summed E-state index contributed by atoms with van der Waals surface area (Å²) in [6.45, 7) is 0.776. The van der Waals surface area contributed by atoms with Gasteiger partial charge in [0, 0.05) is 19.5 Å². The van der Waals surface area contributed by atoms with Crippen LogP contribution in [0.1, 0.15) is 49.1 Å². The molecule has 2 aromatic rings. The number of rotatable bonds is 3. The molecule has 1 aliphatic heterocycles. The van der Waals surface area contributed by atoms with E-state index in [9.17, 15) is 14.4 Å². The SMILES string of the molecule is O=CCC1C(=O)C2(Cc3cc4ccccc4cc31)CN(C(=O)OC1CCCC1)C2. The van der Waals surface area contributed by atoms with Crippen LogP contribution in [0.5, 0.6) is 0 Å². The van der Waals surface area contributed by atoms with Crippen molar-refractivity contribution in [2.24, 2.45) is 5.41 Å². The van der Waals surface area contributed by atoms with Gasteiger partial charge in [0.2, 0.25) is 0 Å². The summed E-state index contributed by atoms with van der Waals surface area (Å²) in [4.78, 5) is 38.9. The minimum atomic E-state index is -0.585. The number of amides is 1. The molecule has 2 aliphatic carbocycles. The number of nitrogens with zero attached hydrogens (tertiary/aromatic N) is 1. The van der Waals surface area contributed by atoms with Crippen LogP contribution in [-0.4, -0.2) is 42.3 Å². The monoisotopic (exact) mass is 391 g/mol. The molecule has 2 aromatic carbocycles. The molecule has 150 valence electrons. The standard InChI is InChI=1S/C24H25NO4/c26-10-9-20-21-12-17-6-2-1-5-16(17)11-18(21)13-24(22(20)27)14-25(15-24)23(28)29-19-7-3-4-8-19/h1-2,5-6,10-12,19-20H,3-4,7-9,13-15H2. The average molecular weight is 391 g/mol. The van der Waals surface area contributed by atoms with Crippen LogP contribution in [0.25, 0.3) is 10.8 Å². The van der Waals surface area contributed by atoms with Crippen molar-refractivity contribution in [2.45, 2.75) is 50.5 Å². The van der Waals surface area contributed by atoms with Gasteiger partial charge in [0.25, 0.3) is 0 Å². The third-order valence-electron chi connectivity index (χ3n) is 6.90. The number of likely N-dealkylation sites (tertiary alicyclic amines) is 1. The molecule has 0 bridgehead atoms. The van der Waals surface area contributed by atoms with E-state index in [1.807, 2.05) is 18.2 Å². The zero-order chi connectivity index (χ0) is 20.0. The topological polar surface area (TPSA) is 63.7 Å². The number of Topliss-reactive ketones (excluding diaryl/α,β-unsaturated/α-hetero) is 1. The second kappa shape index (κ2) is 6.97. The molecule has 29 heavy (non-hydrogen) atoms. The second-order valence-electron chi connectivity index (χ2n) is 8.82. The minimum absolute atomic E-state index is 0.0241. The van der Waals surface area contributed by atoms with Gasteiger partial charge in [-0.25, -0.2) is 4.79 Å². The van der Waals surface area contributed by atoms with E-state index in [4.69, 9.17) is 4.74 Å². The molecule has 0 radical (unpaired) electrons. The molecule has 3 aliphatic rings. The van der Waals surface area contributed by atoms with Gasteiger partial charge in [-0.1, -0.05) is 36.4 Å². The number of hydrogen-bond acceptors (Lipinski definition) is 4. The van der Waals surface area contributed by atoms with Crippen molar-refractivity contribution in [3.63, 3.8) is 0 Å². The maximum absolute atomic E-state index is 13.4. The highest BCUT2D eigenvalue weighted by Crippen LogP contribution is 2.47. The van der Waals surface area contributed by atoms with Crippen LogP contribution in [-0.2, 0) is 20.7 Å². The largest absolute Gasteiger partial charge is 0.446 e. The molecule has 1 saturated heterocycles. The normalized spacial score (nSPS) is 23.1. The van der Waals surface area contributed by atoms with Crippen LogP contribution >= 0.6 is 0 Å². The quantitative estimate of drug-likeness (QED) is 0.742. The first-order chi connectivity index (χ1) is 14.1. The first-order valence-electron chi connectivity index (χ1n) is 10.5. The zero-order valence-corrected chi connectivity index (χ0v) is 16.4. The van der Waals surface area contributed by atoms with Crippen molar-refractivity contribution >= 4 is 28.9 Å². The van der Waals surface area contributed by atoms with Gasteiger partial charge in [-0.05, 0) is 54.0 Å². The maximum Gasteiger partial charge on any atom is 0.410 e. The average Bonchev–Trinajstić information content (AvgIpc) is 3.20. The van der Waals surface area contributed by atoms with Gasteiger partial charge in [0.05, 0.1) is 11.3 Å². The number of carbonyl (C=O) groups is 3. The van der Waals surface area contributed by atoms with Gasteiger partial charge in [-0.2, -0.15) is 0 Å². The van der Waals surface area contributed by atoms with Gasteiger partial charge in [-0.3, -0.25) is 4.79 Å². The third-order valence-corrected chi connectivity index (χ3v) is 6.90. The summed E-state index contributed by atoms with van der Waals surface area (Å²) in [5.41, 5.74) is 1.51. The summed E-state index contributed by atoms with van der Waals surface area (Å²) in [6.07, 6.45) is 5.47. The fourth-order valence-corrected chi connectivity index (χ4v) is 5.38. The Morgan fingerprint density at radius 1 is 1.14 bits per heavy atom. The number of ketones is 1. The fraction of sp³-hybridized carbons (Fsp3) is 0.458. The predicted octanol–water partition coefficient (Wildman–Crippen LogP) is 4.02. The summed E-state index contributed by atoms with van der Waals surface area (Å²) in [5.74, 6) is -0.328. The predicted molar refractivity (Wildman–Crippen MR) is 109 cm³/mol. The molecule has 5 heteroatoms. The van der Waals surface area contributed by atoms with Gasteiger partial charge in [0.15, 0.2) is 5.78 Å². The Hall–Kier alpha value is -2.69. The molecule has 0 N–H and O–H groups in total. The summed E-state index contributed by atoms with van der Waals surface area (Å²) < 4.78 is 5.61. The van der Waals surface area contributed by atoms with E-state index < -0.39 is 11.3 Å². The van der Waals surface area contributed by atoms with Gasteiger partial charge in [0.1, 0.15) is 12.4 Å². The highest BCUT2D eigenvalue weighted by Gasteiger charge is 2.56. The van der Waals surface area contributed by atoms with Crippen molar-refractivity contribution in [3.8, 4) is 0 Å². The molecule has 5 nitrogen and oxygen atoms in total. The first kappa shape index (κ1) is 18.3. The summed E-state index contributed by atoms with van der Waals surface area (Å²) in [5, 5.41) is 2.22. The van der Waals surface area contributed by atoms with E-state index in [1.54, 1.807) is 4.90 Å². The molecule has 1 saturated carbocycles. The van der Waals surface area contributed by atoms with Gasteiger partial charge >= 0.3 is 6.09 Å². The zero-order valence-electron chi connectivity index (χ0n) is 16.4. The van der Waals surface area contributed by atoms with E-state index >= 15 is 0 Å². The van der Waals surface area contributed by atoms with Crippen LogP contribution in [0.15, 0.2) is 36.4 Å². The van der Waals surface area contributed by atoms with Crippen molar-refractivity contribution in [2.75, 3.05) is 13.1 Å². The molecule has 1 amide bonds. The first-order valence-corrected chi connectivity index (χ1v) is 10.5. The van der Waals surface area contributed by atoms with E-state index in [2.05, 4.69) is 18.2 Å². The molecule has 1 heterocycles.